The van der Waals surface area contributed by atoms with Crippen molar-refractivity contribution in [1.29, 1.82) is 0 Å². The van der Waals surface area contributed by atoms with E-state index in [1.807, 2.05) is 0 Å². The molecule has 2 aliphatic heterocycles. The molecule has 4 unspecified atom stereocenters. The van der Waals surface area contributed by atoms with Crippen molar-refractivity contribution in [3.63, 3.8) is 0 Å². The molecule has 1 saturated heterocycles. The van der Waals surface area contributed by atoms with E-state index in [-0.39, 0.29) is 5.91 Å². The van der Waals surface area contributed by atoms with Crippen LogP contribution in [0.3, 0.4) is 0 Å². The van der Waals surface area contributed by atoms with Crippen LogP contribution in [0.5, 0.6) is 0 Å². The molecule has 7 nitrogen and oxygen atoms in total. The van der Waals surface area contributed by atoms with Gasteiger partial charge in [0, 0.05) is 0 Å². The van der Waals surface area contributed by atoms with E-state index in [2.05, 4.69) is 42.7 Å². The summed E-state index contributed by atoms with van der Waals surface area (Å²) in [6, 6.07) is -1.16. The summed E-state index contributed by atoms with van der Waals surface area (Å²) in [5.74, 6) is 0.443. The maximum absolute atomic E-state index is 13.0. The molecule has 2 aliphatic rings. The number of carbonyl (C=O) groups is 1. The summed E-state index contributed by atoms with van der Waals surface area (Å²) in [5.41, 5.74) is 0.488. The van der Waals surface area contributed by atoms with Crippen LogP contribution < -0.4 is 10.6 Å². The van der Waals surface area contributed by atoms with E-state index in [0.29, 0.717) is 18.9 Å². The first-order chi connectivity index (χ1) is 15.1. The third kappa shape index (κ3) is 7.72. The molecular weight excluding hydrogens is 452 g/mol. The molecule has 0 aromatic heterocycles. The average Bonchev–Trinajstić information content (AvgIpc) is 2.99. The van der Waals surface area contributed by atoms with Gasteiger partial charge in [0.15, 0.2) is 0 Å². The lowest BCUT2D eigenvalue weighted by Crippen LogP contribution is -2.65. The molecule has 2 heterocycles. The Bertz CT molecular complexity index is 658. The minimum absolute atomic E-state index is 0.235. The molecule has 0 bridgehead atoms. The number of aliphatic hydroxyl groups excluding tert-OH is 3. The van der Waals surface area contributed by atoms with Crippen LogP contribution in [-0.4, -0.2) is 81.3 Å². The summed E-state index contributed by atoms with van der Waals surface area (Å²) in [7, 11) is 0. The Morgan fingerprint density at radius 1 is 1.31 bits per heavy atom. The Labute approximate surface area is 201 Å². The van der Waals surface area contributed by atoms with Crippen LogP contribution in [0.4, 0.5) is 0 Å². The van der Waals surface area contributed by atoms with Gasteiger partial charge in [-0.2, -0.15) is 0 Å². The number of ether oxygens (including phenoxy) is 1. The van der Waals surface area contributed by atoms with Crippen molar-refractivity contribution >= 4 is 29.3 Å². The van der Waals surface area contributed by atoms with Crippen LogP contribution >= 0.6 is 23.4 Å². The van der Waals surface area contributed by atoms with Gasteiger partial charge >= 0.3 is 0 Å². The number of thioether (sulfide) groups is 1. The first kappa shape index (κ1) is 27.6. The van der Waals surface area contributed by atoms with E-state index >= 15 is 0 Å². The van der Waals surface area contributed by atoms with E-state index < -0.39 is 47.3 Å². The smallest absolute Gasteiger partial charge is 0.237 e. The highest BCUT2D eigenvalue weighted by Crippen LogP contribution is 2.30. The molecule has 0 saturated carbocycles. The van der Waals surface area contributed by atoms with E-state index in [9.17, 15) is 20.1 Å². The lowest BCUT2D eigenvalue weighted by molar-refractivity contribution is -0.205. The minimum atomic E-state index is -1.38. The Morgan fingerprint density at radius 2 is 2.03 bits per heavy atom. The normalized spacial score (nSPS) is 33.6. The topological polar surface area (TPSA) is 111 Å². The van der Waals surface area contributed by atoms with Crippen LogP contribution in [0.15, 0.2) is 23.8 Å². The summed E-state index contributed by atoms with van der Waals surface area (Å²) in [6.07, 6.45) is 6.84. The molecule has 32 heavy (non-hydrogen) atoms. The zero-order valence-corrected chi connectivity index (χ0v) is 21.0. The van der Waals surface area contributed by atoms with Crippen molar-refractivity contribution in [3.05, 3.63) is 23.8 Å². The second kappa shape index (κ2) is 13.3. The summed E-state index contributed by atoms with van der Waals surface area (Å²) in [4.78, 5) is 13.0. The SMILES string of the molecule is CSC1O[C@H]([C@H](NC(=O)C2CC=C(/C=C/CCC(C)C)CCN2)[C@H](C)Cl)C(O)C(O)[C@H]1O. The fourth-order valence-electron chi connectivity index (χ4n) is 3.95. The molecular formula is C23H39ClN2O5S. The maximum Gasteiger partial charge on any atom is 0.237 e. The number of amides is 1. The number of alkyl halides is 1. The Hall–Kier alpha value is -0.610. The Morgan fingerprint density at radius 3 is 2.66 bits per heavy atom. The summed E-state index contributed by atoms with van der Waals surface area (Å²) in [6.45, 7) is 6.81. The van der Waals surface area contributed by atoms with Gasteiger partial charge in [-0.15, -0.1) is 23.4 Å². The molecule has 184 valence electrons. The van der Waals surface area contributed by atoms with Gasteiger partial charge in [0.05, 0.1) is 17.5 Å². The van der Waals surface area contributed by atoms with Crippen molar-refractivity contribution in [2.45, 2.75) is 93.8 Å². The zero-order valence-electron chi connectivity index (χ0n) is 19.4. The number of allylic oxidation sites excluding steroid dienone is 2. The molecule has 9 heteroatoms. The van der Waals surface area contributed by atoms with E-state index in [1.165, 1.54) is 17.3 Å². The van der Waals surface area contributed by atoms with Crippen molar-refractivity contribution in [2.24, 2.45) is 5.92 Å². The lowest BCUT2D eigenvalue weighted by atomic mass is 9.93. The first-order valence-electron chi connectivity index (χ1n) is 11.4. The maximum atomic E-state index is 13.0. The second-order valence-electron chi connectivity index (χ2n) is 9.03. The van der Waals surface area contributed by atoms with Crippen LogP contribution in [0.25, 0.3) is 0 Å². The van der Waals surface area contributed by atoms with Crippen molar-refractivity contribution in [2.75, 3.05) is 12.8 Å². The average molecular weight is 491 g/mol. The van der Waals surface area contributed by atoms with Gasteiger partial charge in [-0.3, -0.25) is 4.79 Å². The lowest BCUT2D eigenvalue weighted by Gasteiger charge is -2.44. The van der Waals surface area contributed by atoms with Crippen molar-refractivity contribution in [3.8, 4) is 0 Å². The van der Waals surface area contributed by atoms with Gasteiger partial charge in [-0.25, -0.2) is 0 Å². The van der Waals surface area contributed by atoms with Gasteiger partial charge in [0.2, 0.25) is 5.91 Å². The molecule has 8 atom stereocenters. The van der Waals surface area contributed by atoms with Crippen LogP contribution in [0.2, 0.25) is 0 Å². The number of hydrogen-bond acceptors (Lipinski definition) is 7. The predicted molar refractivity (Wildman–Crippen MR) is 130 cm³/mol. The molecule has 1 amide bonds. The van der Waals surface area contributed by atoms with Gasteiger partial charge in [-0.05, 0) is 51.3 Å². The fourth-order valence-corrected chi connectivity index (χ4v) is 4.83. The quantitative estimate of drug-likeness (QED) is 0.314. The van der Waals surface area contributed by atoms with Gasteiger partial charge in [0.25, 0.3) is 0 Å². The summed E-state index contributed by atoms with van der Waals surface area (Å²) < 4.78 is 5.82. The molecule has 1 fully saturated rings. The fraction of sp³-hybridized carbons (Fsp3) is 0.783. The highest BCUT2D eigenvalue weighted by atomic mass is 35.5. The number of rotatable bonds is 9. The van der Waals surface area contributed by atoms with Crippen LogP contribution in [-0.2, 0) is 9.53 Å². The largest absolute Gasteiger partial charge is 0.388 e. The third-order valence-corrected chi connectivity index (χ3v) is 7.10. The molecule has 0 aromatic carbocycles. The minimum Gasteiger partial charge on any atom is -0.388 e. The molecule has 0 radical (unpaired) electrons. The highest BCUT2D eigenvalue weighted by molar-refractivity contribution is 7.99. The zero-order chi connectivity index (χ0) is 23.8. The molecule has 0 spiro atoms. The number of nitrogens with one attached hydrogen (secondary N) is 2. The van der Waals surface area contributed by atoms with Gasteiger partial charge in [0.1, 0.15) is 29.9 Å². The van der Waals surface area contributed by atoms with E-state index in [1.54, 1.807) is 13.2 Å². The van der Waals surface area contributed by atoms with Gasteiger partial charge in [-0.1, -0.05) is 37.6 Å². The predicted octanol–water partition coefficient (Wildman–Crippen LogP) is 1.94. The summed E-state index contributed by atoms with van der Waals surface area (Å²) >= 11 is 7.58. The van der Waals surface area contributed by atoms with E-state index in [4.69, 9.17) is 16.3 Å². The second-order valence-corrected chi connectivity index (χ2v) is 10.7. The Kier molecular flexibility index (Phi) is 11.5. The van der Waals surface area contributed by atoms with Gasteiger partial charge < -0.3 is 30.7 Å². The third-order valence-electron chi connectivity index (χ3n) is 5.98. The Balaban J connectivity index is 2.02. The van der Waals surface area contributed by atoms with Crippen molar-refractivity contribution in [1.82, 2.24) is 10.6 Å². The molecule has 2 rings (SSSR count). The number of halogens is 1. The first-order valence-corrected chi connectivity index (χ1v) is 13.1. The standard InChI is InChI=1S/C23H39ClN2O5S/c1-13(2)7-5-6-8-15-9-10-16(25-12-11-15)22(30)26-17(14(3)24)21-19(28)18(27)20(29)23(31-21)32-4/h6,8-9,13-14,16-21,23,25,27-29H,5,7,10-12H2,1-4H3,(H,26,30)/b8-6+/t14-,16?,17+,18?,19?,20+,21+,23?/m0/s1. The molecule has 0 aliphatic carbocycles. The number of carbonyl (C=O) groups excluding carboxylic acids is 1. The number of hydrogen-bond donors (Lipinski definition) is 5. The van der Waals surface area contributed by atoms with Crippen LogP contribution in [0, 0.1) is 5.92 Å². The summed E-state index contributed by atoms with van der Waals surface area (Å²) in [5, 5.41) is 36.4. The van der Waals surface area contributed by atoms with Crippen molar-refractivity contribution < 1.29 is 24.9 Å². The van der Waals surface area contributed by atoms with E-state index in [0.717, 1.165) is 19.3 Å². The van der Waals surface area contributed by atoms with Crippen LogP contribution in [0.1, 0.15) is 46.5 Å². The molecule has 5 N–H and O–H groups in total. The monoisotopic (exact) mass is 490 g/mol. The number of aliphatic hydroxyl groups is 3. The highest BCUT2D eigenvalue weighted by Gasteiger charge is 2.48. The molecule has 0 aromatic rings.